The van der Waals surface area contributed by atoms with Crippen molar-refractivity contribution in [1.82, 2.24) is 4.90 Å². The fourth-order valence-corrected chi connectivity index (χ4v) is 8.50. The van der Waals surface area contributed by atoms with Crippen LogP contribution in [-0.2, 0) is 16.8 Å². The van der Waals surface area contributed by atoms with E-state index >= 15 is 0 Å². The van der Waals surface area contributed by atoms with E-state index in [9.17, 15) is 4.79 Å². The van der Waals surface area contributed by atoms with E-state index < -0.39 is 0 Å². The fourth-order valence-electron chi connectivity index (χ4n) is 8.50. The quantitative estimate of drug-likeness (QED) is 0.532. The summed E-state index contributed by atoms with van der Waals surface area (Å²) in [6.07, 6.45) is 10.8. The molecule has 0 spiro atoms. The Hall–Kier alpha value is -1.93. The molecule has 2 aromatic carbocycles. The van der Waals surface area contributed by atoms with Crippen LogP contribution in [0.15, 0.2) is 60.7 Å². The number of benzene rings is 2. The summed E-state index contributed by atoms with van der Waals surface area (Å²) in [5.74, 6) is 2.70. The van der Waals surface area contributed by atoms with Crippen molar-refractivity contribution in [2.24, 2.45) is 23.2 Å². The van der Waals surface area contributed by atoms with Crippen LogP contribution in [0.3, 0.4) is 0 Å². The standard InChI is InChI=1S/C30H37NO/c32-28(15-24-10-7-13-31(21-24)20-23-8-3-1-4-9-23)30-18-25-14-26(19-30)17-29(16-25,22-30)27-11-5-2-6-12-27/h1-6,8-9,11-12,24-26H,7,10,13-22H2/t24-,25?,26?,29?,30?/m0/s1. The Morgan fingerprint density at radius 2 is 1.59 bits per heavy atom. The summed E-state index contributed by atoms with van der Waals surface area (Å²) in [5.41, 5.74) is 3.15. The van der Waals surface area contributed by atoms with Crippen LogP contribution in [0.5, 0.6) is 0 Å². The van der Waals surface area contributed by atoms with Crippen molar-refractivity contribution in [3.8, 4) is 0 Å². The number of likely N-dealkylation sites (tertiary alicyclic amines) is 1. The highest BCUT2D eigenvalue weighted by Gasteiger charge is 2.60. The van der Waals surface area contributed by atoms with Gasteiger partial charge in [-0.3, -0.25) is 9.69 Å². The van der Waals surface area contributed by atoms with Gasteiger partial charge in [0.1, 0.15) is 5.78 Å². The summed E-state index contributed by atoms with van der Waals surface area (Å²) in [6.45, 7) is 3.29. The predicted octanol–water partition coefficient (Wildman–Crippen LogP) is 6.40. The van der Waals surface area contributed by atoms with Crippen LogP contribution in [0.4, 0.5) is 0 Å². The van der Waals surface area contributed by atoms with E-state index in [2.05, 4.69) is 65.6 Å². The van der Waals surface area contributed by atoms with Gasteiger partial charge in [0.2, 0.25) is 0 Å². The molecule has 0 aromatic heterocycles. The van der Waals surface area contributed by atoms with E-state index in [0.29, 0.717) is 11.7 Å². The third kappa shape index (κ3) is 3.75. The number of Topliss-reactive ketones (excluding diaryl/α,β-unsaturated/α-hetero) is 1. The van der Waals surface area contributed by atoms with Gasteiger partial charge in [0.25, 0.3) is 0 Å². The zero-order valence-corrected chi connectivity index (χ0v) is 19.3. The van der Waals surface area contributed by atoms with Gasteiger partial charge in [-0.2, -0.15) is 0 Å². The van der Waals surface area contributed by atoms with Crippen molar-refractivity contribution < 1.29 is 4.79 Å². The van der Waals surface area contributed by atoms with Gasteiger partial charge in [0.15, 0.2) is 0 Å². The minimum absolute atomic E-state index is 0.0262. The molecule has 4 bridgehead atoms. The Bertz CT molecular complexity index is 937. The lowest BCUT2D eigenvalue weighted by Gasteiger charge is -2.62. The summed E-state index contributed by atoms with van der Waals surface area (Å²) in [5, 5.41) is 0. The number of hydrogen-bond donors (Lipinski definition) is 0. The number of carbonyl (C=O) groups excluding carboxylic acids is 1. The largest absolute Gasteiger partial charge is 0.299 e. The molecule has 2 heteroatoms. The minimum Gasteiger partial charge on any atom is -0.299 e. The van der Waals surface area contributed by atoms with Gasteiger partial charge in [-0.1, -0.05) is 60.7 Å². The number of nitrogens with zero attached hydrogens (tertiary/aromatic N) is 1. The SMILES string of the molecule is O=C(C[C@@H]1CCCN(Cc2ccccc2)C1)C12CC3CC(C1)CC(c1ccccc1)(C3)C2. The van der Waals surface area contributed by atoms with E-state index in [-0.39, 0.29) is 10.8 Å². The van der Waals surface area contributed by atoms with Crippen molar-refractivity contribution in [3.05, 3.63) is 71.8 Å². The van der Waals surface area contributed by atoms with Crippen LogP contribution < -0.4 is 0 Å². The second kappa shape index (κ2) is 8.13. The minimum atomic E-state index is -0.0262. The van der Waals surface area contributed by atoms with Crippen molar-refractivity contribution in [2.45, 2.75) is 69.7 Å². The Morgan fingerprint density at radius 1 is 0.906 bits per heavy atom. The summed E-state index contributed by atoms with van der Waals surface area (Å²) >= 11 is 0. The molecular weight excluding hydrogens is 390 g/mol. The summed E-state index contributed by atoms with van der Waals surface area (Å²) in [6, 6.07) is 22.0. The molecule has 1 saturated heterocycles. The molecule has 5 aliphatic rings. The van der Waals surface area contributed by atoms with E-state index in [4.69, 9.17) is 0 Å². The lowest BCUT2D eigenvalue weighted by molar-refractivity contribution is -0.148. The molecule has 0 amide bonds. The van der Waals surface area contributed by atoms with Crippen LogP contribution in [-0.4, -0.2) is 23.8 Å². The highest BCUT2D eigenvalue weighted by atomic mass is 16.1. The number of hydrogen-bond acceptors (Lipinski definition) is 2. The second-order valence-corrected chi connectivity index (χ2v) is 11.7. The average Bonchev–Trinajstić information content (AvgIpc) is 2.80. The molecule has 1 heterocycles. The first-order valence-corrected chi connectivity index (χ1v) is 13.0. The Balaban J connectivity index is 1.17. The summed E-state index contributed by atoms with van der Waals surface area (Å²) in [7, 11) is 0. The van der Waals surface area contributed by atoms with Gasteiger partial charge in [-0.05, 0) is 92.2 Å². The first kappa shape index (κ1) is 20.7. The number of rotatable bonds is 6. The lowest BCUT2D eigenvalue weighted by Crippen LogP contribution is -2.57. The van der Waals surface area contributed by atoms with E-state index in [0.717, 1.165) is 37.8 Å². The molecule has 3 atom stereocenters. The highest BCUT2D eigenvalue weighted by Crippen LogP contribution is 2.66. The lowest BCUT2D eigenvalue weighted by atomic mass is 9.42. The third-order valence-corrected chi connectivity index (χ3v) is 9.36. The topological polar surface area (TPSA) is 20.3 Å². The molecule has 4 aliphatic carbocycles. The molecule has 2 aromatic rings. The molecule has 2 unspecified atom stereocenters. The van der Waals surface area contributed by atoms with Crippen molar-refractivity contribution >= 4 is 5.78 Å². The molecule has 2 nitrogen and oxygen atoms in total. The van der Waals surface area contributed by atoms with Gasteiger partial charge in [-0.15, -0.1) is 0 Å². The monoisotopic (exact) mass is 427 g/mol. The van der Waals surface area contributed by atoms with Gasteiger partial charge in [0, 0.05) is 24.9 Å². The highest BCUT2D eigenvalue weighted by molar-refractivity contribution is 5.86. The van der Waals surface area contributed by atoms with E-state index in [1.807, 2.05) is 0 Å². The maximum Gasteiger partial charge on any atom is 0.139 e. The molecular formula is C30H37NO. The van der Waals surface area contributed by atoms with Gasteiger partial charge in [0.05, 0.1) is 0 Å². The fraction of sp³-hybridized carbons (Fsp3) is 0.567. The second-order valence-electron chi connectivity index (χ2n) is 11.7. The molecule has 5 fully saturated rings. The molecule has 32 heavy (non-hydrogen) atoms. The zero-order valence-electron chi connectivity index (χ0n) is 19.3. The number of piperidine rings is 1. The maximum absolute atomic E-state index is 14.0. The van der Waals surface area contributed by atoms with E-state index in [1.54, 1.807) is 0 Å². The smallest absolute Gasteiger partial charge is 0.139 e. The Kier molecular flexibility index (Phi) is 5.25. The van der Waals surface area contributed by atoms with Crippen LogP contribution in [0.1, 0.15) is 68.9 Å². The number of ketones is 1. The van der Waals surface area contributed by atoms with Crippen molar-refractivity contribution in [3.63, 3.8) is 0 Å². The van der Waals surface area contributed by atoms with Crippen LogP contribution in [0.2, 0.25) is 0 Å². The molecule has 168 valence electrons. The Labute approximate surface area is 193 Å². The van der Waals surface area contributed by atoms with Gasteiger partial charge in [-0.25, -0.2) is 0 Å². The normalized spacial score (nSPS) is 36.3. The first-order valence-electron chi connectivity index (χ1n) is 13.0. The van der Waals surface area contributed by atoms with Gasteiger partial charge >= 0.3 is 0 Å². The van der Waals surface area contributed by atoms with Crippen LogP contribution >= 0.6 is 0 Å². The van der Waals surface area contributed by atoms with Crippen LogP contribution in [0.25, 0.3) is 0 Å². The molecule has 4 saturated carbocycles. The first-order chi connectivity index (χ1) is 15.6. The zero-order chi connectivity index (χ0) is 21.6. The molecule has 0 radical (unpaired) electrons. The summed E-state index contributed by atoms with van der Waals surface area (Å²) in [4.78, 5) is 16.6. The van der Waals surface area contributed by atoms with Gasteiger partial charge < -0.3 is 0 Å². The molecule has 1 aliphatic heterocycles. The van der Waals surface area contributed by atoms with Crippen molar-refractivity contribution in [1.29, 1.82) is 0 Å². The van der Waals surface area contributed by atoms with Crippen LogP contribution in [0, 0.1) is 23.2 Å². The number of carbonyl (C=O) groups is 1. The maximum atomic E-state index is 14.0. The van der Waals surface area contributed by atoms with Crippen molar-refractivity contribution in [2.75, 3.05) is 13.1 Å². The Morgan fingerprint density at radius 3 is 2.31 bits per heavy atom. The van der Waals surface area contributed by atoms with E-state index in [1.165, 1.54) is 62.6 Å². The predicted molar refractivity (Wildman–Crippen MR) is 129 cm³/mol. The average molecular weight is 428 g/mol. The molecule has 7 rings (SSSR count). The summed E-state index contributed by atoms with van der Waals surface area (Å²) < 4.78 is 0. The third-order valence-electron chi connectivity index (χ3n) is 9.36. The molecule has 0 N–H and O–H groups in total.